The molecule has 1 unspecified atom stereocenters. The fraction of sp³-hybridized carbons (Fsp3) is 0.545. The summed E-state index contributed by atoms with van der Waals surface area (Å²) in [6, 6.07) is 1.13. The van der Waals surface area contributed by atoms with Crippen molar-refractivity contribution >= 4 is 27.3 Å². The van der Waals surface area contributed by atoms with Gasteiger partial charge < -0.3 is 10.2 Å². The van der Waals surface area contributed by atoms with Gasteiger partial charge in [0.05, 0.1) is 10.5 Å². The Labute approximate surface area is 116 Å². The second-order valence-electron chi connectivity index (χ2n) is 4.51. The molecule has 0 aliphatic heterocycles. The van der Waals surface area contributed by atoms with Crippen molar-refractivity contribution in [3.05, 3.63) is 15.8 Å². The van der Waals surface area contributed by atoms with E-state index in [0.29, 0.717) is 11.3 Å². The Bertz CT molecular complexity index is 574. The molecule has 0 saturated heterocycles. The van der Waals surface area contributed by atoms with Crippen LogP contribution < -0.4 is 4.72 Å². The number of aryl methyl sites for hydroxylation is 1. The van der Waals surface area contributed by atoms with Crippen molar-refractivity contribution in [3.63, 3.8) is 0 Å². The summed E-state index contributed by atoms with van der Waals surface area (Å²) < 4.78 is 26.4. The van der Waals surface area contributed by atoms with Crippen molar-refractivity contribution in [1.82, 2.24) is 4.72 Å². The van der Waals surface area contributed by atoms with Crippen LogP contribution in [0.15, 0.2) is 11.0 Å². The van der Waals surface area contributed by atoms with Gasteiger partial charge in [-0.15, -0.1) is 11.3 Å². The highest BCUT2D eigenvalue weighted by Crippen LogP contribution is 2.25. The lowest BCUT2D eigenvalue weighted by molar-refractivity contribution is 0.0613. The van der Waals surface area contributed by atoms with E-state index in [4.69, 9.17) is 5.11 Å². The van der Waals surface area contributed by atoms with Gasteiger partial charge in [0.15, 0.2) is 0 Å². The standard InChI is InChI=1S/C11H17NO5S2/c1-4-11(3,15)6-12-19(16,17)9-5-8(10(13)14)18-7(9)2/h5,12,15H,4,6H2,1-3H3,(H,13,14). The molecule has 108 valence electrons. The van der Waals surface area contributed by atoms with Crippen LogP contribution in [0.2, 0.25) is 0 Å². The molecule has 1 heterocycles. The van der Waals surface area contributed by atoms with Gasteiger partial charge in [-0.3, -0.25) is 0 Å². The Kier molecular flexibility index (Phi) is 4.72. The first kappa shape index (κ1) is 16.1. The van der Waals surface area contributed by atoms with Gasteiger partial charge in [0, 0.05) is 11.4 Å². The molecule has 1 rings (SSSR count). The number of carboxylic acids is 1. The van der Waals surface area contributed by atoms with Crippen LogP contribution in [0.25, 0.3) is 0 Å². The zero-order chi connectivity index (χ0) is 14.8. The van der Waals surface area contributed by atoms with Crippen LogP contribution in [0.4, 0.5) is 0 Å². The topological polar surface area (TPSA) is 104 Å². The summed E-state index contributed by atoms with van der Waals surface area (Å²) in [5.41, 5.74) is -1.13. The Morgan fingerprint density at radius 2 is 2.11 bits per heavy atom. The second-order valence-corrected chi connectivity index (χ2v) is 7.50. The largest absolute Gasteiger partial charge is 0.477 e. The number of hydrogen-bond donors (Lipinski definition) is 3. The van der Waals surface area contributed by atoms with Crippen molar-refractivity contribution in [2.75, 3.05) is 6.54 Å². The summed E-state index contributed by atoms with van der Waals surface area (Å²) in [5, 5.41) is 18.6. The SMILES string of the molecule is CCC(C)(O)CNS(=O)(=O)c1cc(C(=O)O)sc1C. The fourth-order valence-corrected chi connectivity index (χ4v) is 3.88. The highest BCUT2D eigenvalue weighted by atomic mass is 32.2. The molecule has 1 aromatic heterocycles. The highest BCUT2D eigenvalue weighted by molar-refractivity contribution is 7.89. The van der Waals surface area contributed by atoms with Gasteiger partial charge in [-0.2, -0.15) is 0 Å². The second kappa shape index (κ2) is 5.58. The van der Waals surface area contributed by atoms with Gasteiger partial charge in [0.25, 0.3) is 0 Å². The summed E-state index contributed by atoms with van der Waals surface area (Å²) in [5.74, 6) is -1.16. The van der Waals surface area contributed by atoms with E-state index in [2.05, 4.69) is 4.72 Å². The van der Waals surface area contributed by atoms with Crippen molar-refractivity contribution in [1.29, 1.82) is 0 Å². The molecule has 3 N–H and O–H groups in total. The molecule has 1 aromatic rings. The Balaban J connectivity index is 2.98. The van der Waals surface area contributed by atoms with E-state index < -0.39 is 21.6 Å². The van der Waals surface area contributed by atoms with Crippen molar-refractivity contribution in [2.45, 2.75) is 37.7 Å². The first-order chi connectivity index (χ1) is 8.59. The number of hydrogen-bond acceptors (Lipinski definition) is 5. The highest BCUT2D eigenvalue weighted by Gasteiger charge is 2.25. The number of aromatic carboxylic acids is 1. The smallest absolute Gasteiger partial charge is 0.345 e. The zero-order valence-electron chi connectivity index (χ0n) is 10.9. The molecule has 0 aliphatic rings. The van der Waals surface area contributed by atoms with Crippen LogP contribution in [0.5, 0.6) is 0 Å². The molecule has 0 bridgehead atoms. The minimum atomic E-state index is -3.81. The molecule has 0 amide bonds. The Hall–Kier alpha value is -0.960. The molecule has 1 atom stereocenters. The van der Waals surface area contributed by atoms with E-state index >= 15 is 0 Å². The van der Waals surface area contributed by atoms with Gasteiger partial charge in [-0.1, -0.05) is 6.92 Å². The maximum Gasteiger partial charge on any atom is 0.345 e. The third kappa shape index (κ3) is 4.00. The summed E-state index contributed by atoms with van der Waals surface area (Å²) in [4.78, 5) is 11.1. The monoisotopic (exact) mass is 307 g/mol. The maximum atomic E-state index is 12.0. The molecular weight excluding hydrogens is 290 g/mol. The predicted octanol–water partition coefficient (Wildman–Crippen LogP) is 1.19. The number of carbonyl (C=O) groups is 1. The number of rotatable bonds is 6. The van der Waals surface area contributed by atoms with E-state index in [0.717, 1.165) is 17.4 Å². The van der Waals surface area contributed by atoms with Gasteiger partial charge in [-0.05, 0) is 26.3 Å². The summed E-state index contributed by atoms with van der Waals surface area (Å²) in [7, 11) is -3.81. The number of aliphatic hydroxyl groups is 1. The Morgan fingerprint density at radius 3 is 2.53 bits per heavy atom. The van der Waals surface area contributed by atoms with Crippen molar-refractivity contribution in [2.24, 2.45) is 0 Å². The number of carboxylic acid groups (broad SMARTS) is 1. The molecule has 8 heteroatoms. The van der Waals surface area contributed by atoms with E-state index in [1.165, 1.54) is 6.92 Å². The molecule has 0 aromatic carbocycles. The van der Waals surface area contributed by atoms with E-state index in [1.807, 2.05) is 0 Å². The van der Waals surface area contributed by atoms with Crippen LogP contribution in [-0.4, -0.2) is 36.7 Å². The van der Waals surface area contributed by atoms with Crippen LogP contribution in [0.1, 0.15) is 34.8 Å². The summed E-state index contributed by atoms with van der Waals surface area (Å²) in [6.07, 6.45) is 0.401. The number of nitrogens with one attached hydrogen (secondary N) is 1. The van der Waals surface area contributed by atoms with E-state index in [1.54, 1.807) is 13.8 Å². The van der Waals surface area contributed by atoms with Gasteiger partial charge in [0.1, 0.15) is 4.88 Å². The lowest BCUT2D eigenvalue weighted by atomic mass is 10.1. The van der Waals surface area contributed by atoms with Crippen LogP contribution in [-0.2, 0) is 10.0 Å². The molecule has 0 aliphatic carbocycles. The first-order valence-corrected chi connectivity index (χ1v) is 7.95. The lowest BCUT2D eigenvalue weighted by Gasteiger charge is -2.21. The summed E-state index contributed by atoms with van der Waals surface area (Å²) in [6.45, 7) is 4.69. The third-order valence-corrected chi connectivity index (χ3v) is 5.47. The Morgan fingerprint density at radius 1 is 1.53 bits per heavy atom. The fourth-order valence-electron chi connectivity index (χ4n) is 1.29. The zero-order valence-corrected chi connectivity index (χ0v) is 12.6. The molecule has 19 heavy (non-hydrogen) atoms. The molecule has 0 radical (unpaired) electrons. The minimum absolute atomic E-state index is 0.0277. The average molecular weight is 307 g/mol. The van der Waals surface area contributed by atoms with E-state index in [9.17, 15) is 18.3 Å². The minimum Gasteiger partial charge on any atom is -0.477 e. The average Bonchev–Trinajstić information content (AvgIpc) is 2.70. The normalized spacial score (nSPS) is 15.2. The summed E-state index contributed by atoms with van der Waals surface area (Å²) >= 11 is 0.907. The van der Waals surface area contributed by atoms with Crippen LogP contribution in [0.3, 0.4) is 0 Å². The molecule has 0 spiro atoms. The van der Waals surface area contributed by atoms with Crippen LogP contribution >= 0.6 is 11.3 Å². The van der Waals surface area contributed by atoms with E-state index in [-0.39, 0.29) is 16.3 Å². The molecule has 0 saturated carbocycles. The quantitative estimate of drug-likeness (QED) is 0.732. The van der Waals surface area contributed by atoms with Crippen molar-refractivity contribution in [3.8, 4) is 0 Å². The predicted molar refractivity (Wildman–Crippen MR) is 72.1 cm³/mol. The van der Waals surface area contributed by atoms with Crippen LogP contribution in [0, 0.1) is 6.92 Å². The van der Waals surface area contributed by atoms with Crippen molar-refractivity contribution < 1.29 is 23.4 Å². The number of sulfonamides is 1. The van der Waals surface area contributed by atoms with Gasteiger partial charge >= 0.3 is 5.97 Å². The molecular formula is C11H17NO5S2. The molecule has 6 nitrogen and oxygen atoms in total. The van der Waals surface area contributed by atoms with Gasteiger partial charge in [-0.25, -0.2) is 17.9 Å². The first-order valence-electron chi connectivity index (χ1n) is 5.65. The maximum absolute atomic E-state index is 12.0. The lowest BCUT2D eigenvalue weighted by Crippen LogP contribution is -2.40. The van der Waals surface area contributed by atoms with Gasteiger partial charge in [0.2, 0.25) is 10.0 Å². The third-order valence-electron chi connectivity index (χ3n) is 2.78. The number of thiophene rings is 1. The molecule has 0 fully saturated rings.